The molecule has 0 aliphatic carbocycles. The third kappa shape index (κ3) is 4.10. The van der Waals surface area contributed by atoms with E-state index in [1.807, 2.05) is 11.8 Å². The summed E-state index contributed by atoms with van der Waals surface area (Å²) in [6, 6.07) is 0. The van der Waals surface area contributed by atoms with E-state index in [2.05, 4.69) is 22.5 Å². The van der Waals surface area contributed by atoms with Crippen molar-refractivity contribution in [2.24, 2.45) is 0 Å². The Labute approximate surface area is 121 Å². The molecule has 2 fully saturated rings. The van der Waals surface area contributed by atoms with Gasteiger partial charge in [-0.2, -0.15) is 11.8 Å². The van der Waals surface area contributed by atoms with Gasteiger partial charge in [-0.15, -0.1) is 0 Å². The second-order valence-electron chi connectivity index (χ2n) is 5.57. The van der Waals surface area contributed by atoms with Gasteiger partial charge in [0.25, 0.3) is 0 Å². The molecule has 2 aliphatic heterocycles. The Morgan fingerprint density at radius 3 is 2.84 bits per heavy atom. The van der Waals surface area contributed by atoms with Crippen LogP contribution in [-0.2, 0) is 4.79 Å². The highest BCUT2D eigenvalue weighted by molar-refractivity contribution is 7.99. The molecule has 2 rings (SSSR count). The molecule has 2 saturated heterocycles. The molecule has 2 aliphatic rings. The van der Waals surface area contributed by atoms with E-state index in [9.17, 15) is 4.79 Å². The number of carbonyl (C=O) groups is 1. The van der Waals surface area contributed by atoms with E-state index < -0.39 is 0 Å². The van der Waals surface area contributed by atoms with Gasteiger partial charge in [-0.25, -0.2) is 0 Å². The van der Waals surface area contributed by atoms with Gasteiger partial charge < -0.3 is 10.6 Å². The molecule has 5 heteroatoms. The SMILES string of the molecule is CCCC1(C(=O)NCCN2CCSCC2)CCCN1. The molecule has 19 heavy (non-hydrogen) atoms. The number of amides is 1. The van der Waals surface area contributed by atoms with Crippen LogP contribution in [0.15, 0.2) is 0 Å². The number of nitrogens with one attached hydrogen (secondary N) is 2. The minimum atomic E-state index is -0.271. The summed E-state index contributed by atoms with van der Waals surface area (Å²) >= 11 is 2.03. The quantitative estimate of drug-likeness (QED) is 0.766. The standard InChI is InChI=1S/C14H27N3OS/c1-2-4-14(5-3-6-16-14)13(18)15-7-8-17-9-11-19-12-10-17/h16H,2-12H2,1H3,(H,15,18). The molecule has 0 aromatic rings. The van der Waals surface area contributed by atoms with Crippen molar-refractivity contribution in [3.05, 3.63) is 0 Å². The van der Waals surface area contributed by atoms with E-state index in [1.54, 1.807) is 0 Å². The summed E-state index contributed by atoms with van der Waals surface area (Å²) in [6.07, 6.45) is 4.13. The monoisotopic (exact) mass is 285 g/mol. The van der Waals surface area contributed by atoms with Gasteiger partial charge in [-0.05, 0) is 25.8 Å². The highest BCUT2D eigenvalue weighted by atomic mass is 32.2. The van der Waals surface area contributed by atoms with Gasteiger partial charge in [0.05, 0.1) is 5.54 Å². The van der Waals surface area contributed by atoms with E-state index >= 15 is 0 Å². The van der Waals surface area contributed by atoms with Crippen molar-refractivity contribution in [2.45, 2.75) is 38.1 Å². The van der Waals surface area contributed by atoms with Crippen molar-refractivity contribution in [1.29, 1.82) is 0 Å². The third-order valence-corrected chi connectivity index (χ3v) is 5.11. The number of hydrogen-bond donors (Lipinski definition) is 2. The average molecular weight is 285 g/mol. The molecule has 1 unspecified atom stereocenters. The molecule has 0 radical (unpaired) electrons. The van der Waals surface area contributed by atoms with Crippen LogP contribution in [0.25, 0.3) is 0 Å². The Bertz CT molecular complexity index is 286. The summed E-state index contributed by atoms with van der Waals surface area (Å²) in [5, 5.41) is 6.58. The lowest BCUT2D eigenvalue weighted by atomic mass is 9.91. The second kappa shape index (κ2) is 7.50. The molecule has 0 bridgehead atoms. The van der Waals surface area contributed by atoms with Crippen LogP contribution in [0.1, 0.15) is 32.6 Å². The minimum Gasteiger partial charge on any atom is -0.353 e. The number of thioether (sulfide) groups is 1. The summed E-state index contributed by atoms with van der Waals surface area (Å²) in [6.45, 7) is 7.25. The zero-order valence-corrected chi connectivity index (χ0v) is 12.9. The fraction of sp³-hybridized carbons (Fsp3) is 0.929. The summed E-state index contributed by atoms with van der Waals surface area (Å²) < 4.78 is 0. The van der Waals surface area contributed by atoms with Gasteiger partial charge in [0.2, 0.25) is 5.91 Å². The van der Waals surface area contributed by atoms with Gasteiger partial charge in [0, 0.05) is 37.7 Å². The molecule has 2 N–H and O–H groups in total. The zero-order chi connectivity index (χ0) is 13.6. The minimum absolute atomic E-state index is 0.221. The lowest BCUT2D eigenvalue weighted by molar-refractivity contribution is -0.127. The number of hydrogen-bond acceptors (Lipinski definition) is 4. The highest BCUT2D eigenvalue weighted by Gasteiger charge is 2.39. The fourth-order valence-corrected chi connectivity index (χ4v) is 4.05. The molecule has 0 aromatic carbocycles. The lowest BCUT2D eigenvalue weighted by Crippen LogP contribution is -2.54. The first-order valence-corrected chi connectivity index (χ1v) is 8.76. The molecule has 0 saturated carbocycles. The Morgan fingerprint density at radius 2 is 2.21 bits per heavy atom. The van der Waals surface area contributed by atoms with Crippen LogP contribution in [0.3, 0.4) is 0 Å². The van der Waals surface area contributed by atoms with Gasteiger partial charge >= 0.3 is 0 Å². The maximum Gasteiger partial charge on any atom is 0.240 e. The Kier molecular flexibility index (Phi) is 5.98. The van der Waals surface area contributed by atoms with Crippen molar-refractivity contribution in [3.8, 4) is 0 Å². The predicted octanol–water partition coefficient (Wildman–Crippen LogP) is 1.07. The normalized spacial score (nSPS) is 28.5. The first kappa shape index (κ1) is 15.1. The molecule has 1 atom stereocenters. The topological polar surface area (TPSA) is 44.4 Å². The van der Waals surface area contributed by atoms with E-state index in [0.717, 1.165) is 45.3 Å². The van der Waals surface area contributed by atoms with Gasteiger partial charge in [-0.1, -0.05) is 13.3 Å². The summed E-state index contributed by atoms with van der Waals surface area (Å²) in [4.78, 5) is 14.9. The van der Waals surface area contributed by atoms with Crippen LogP contribution in [0.4, 0.5) is 0 Å². The molecule has 0 spiro atoms. The second-order valence-corrected chi connectivity index (χ2v) is 6.80. The maximum absolute atomic E-state index is 12.4. The molecule has 0 aromatic heterocycles. The predicted molar refractivity (Wildman–Crippen MR) is 81.7 cm³/mol. The van der Waals surface area contributed by atoms with Crippen LogP contribution in [0.5, 0.6) is 0 Å². The van der Waals surface area contributed by atoms with E-state index in [-0.39, 0.29) is 11.4 Å². The van der Waals surface area contributed by atoms with Crippen molar-refractivity contribution >= 4 is 17.7 Å². The lowest BCUT2D eigenvalue weighted by Gasteiger charge is -2.29. The molecular weight excluding hydrogens is 258 g/mol. The number of nitrogens with zero attached hydrogens (tertiary/aromatic N) is 1. The van der Waals surface area contributed by atoms with Crippen molar-refractivity contribution in [3.63, 3.8) is 0 Å². The Balaban J connectivity index is 1.73. The Morgan fingerprint density at radius 1 is 1.42 bits per heavy atom. The molecule has 4 nitrogen and oxygen atoms in total. The largest absolute Gasteiger partial charge is 0.353 e. The Hall–Kier alpha value is -0.260. The summed E-state index contributed by atoms with van der Waals surface area (Å²) in [7, 11) is 0. The van der Waals surface area contributed by atoms with Gasteiger partial charge in [0.15, 0.2) is 0 Å². The average Bonchev–Trinajstić information content (AvgIpc) is 2.90. The van der Waals surface area contributed by atoms with Crippen molar-refractivity contribution in [1.82, 2.24) is 15.5 Å². The van der Waals surface area contributed by atoms with Crippen molar-refractivity contribution in [2.75, 3.05) is 44.2 Å². The molecule has 110 valence electrons. The van der Waals surface area contributed by atoms with E-state index in [0.29, 0.717) is 0 Å². The van der Waals surface area contributed by atoms with Crippen molar-refractivity contribution < 1.29 is 4.79 Å². The van der Waals surface area contributed by atoms with E-state index in [4.69, 9.17) is 0 Å². The fourth-order valence-electron chi connectivity index (χ4n) is 3.08. The highest BCUT2D eigenvalue weighted by Crippen LogP contribution is 2.24. The molecular formula is C14H27N3OS. The zero-order valence-electron chi connectivity index (χ0n) is 12.0. The maximum atomic E-state index is 12.4. The van der Waals surface area contributed by atoms with Crippen LogP contribution >= 0.6 is 11.8 Å². The molecule has 1 amide bonds. The third-order valence-electron chi connectivity index (χ3n) is 4.17. The number of rotatable bonds is 6. The summed E-state index contributed by atoms with van der Waals surface area (Å²) in [5.74, 6) is 2.68. The van der Waals surface area contributed by atoms with Crippen LogP contribution < -0.4 is 10.6 Å². The van der Waals surface area contributed by atoms with Gasteiger partial charge in [0.1, 0.15) is 0 Å². The van der Waals surface area contributed by atoms with Gasteiger partial charge in [-0.3, -0.25) is 9.69 Å². The van der Waals surface area contributed by atoms with Crippen LogP contribution in [0.2, 0.25) is 0 Å². The smallest absolute Gasteiger partial charge is 0.240 e. The van der Waals surface area contributed by atoms with Crippen LogP contribution in [-0.4, -0.2) is 60.6 Å². The van der Waals surface area contributed by atoms with Crippen LogP contribution in [0, 0.1) is 0 Å². The number of carbonyl (C=O) groups excluding carboxylic acids is 1. The van der Waals surface area contributed by atoms with E-state index in [1.165, 1.54) is 24.6 Å². The first-order chi connectivity index (χ1) is 9.27. The molecule has 2 heterocycles. The summed E-state index contributed by atoms with van der Waals surface area (Å²) in [5.41, 5.74) is -0.271. The first-order valence-electron chi connectivity index (χ1n) is 7.60.